The van der Waals surface area contributed by atoms with Gasteiger partial charge in [0.05, 0.1) is 0 Å². The van der Waals surface area contributed by atoms with Crippen molar-refractivity contribution in [3.8, 4) is 0 Å². The van der Waals surface area contributed by atoms with Crippen LogP contribution in [0.5, 0.6) is 0 Å². The second kappa shape index (κ2) is 9.67. The molecule has 2 bridgehead atoms. The summed E-state index contributed by atoms with van der Waals surface area (Å²) < 4.78 is 0. The molecule has 10 radical (unpaired) electrons. The largest absolute Gasteiger partial charge is 2.00 e. The second-order valence-corrected chi connectivity index (χ2v) is 5.91. The number of rotatable bonds is 0. The zero-order chi connectivity index (χ0) is 13.6. The van der Waals surface area contributed by atoms with Gasteiger partial charge in [-0.3, -0.25) is 5.92 Å². The predicted octanol–water partition coefficient (Wildman–Crippen LogP) is 4.50. The smallest absolute Gasteiger partial charge is 0.369 e. The Morgan fingerprint density at radius 2 is 1.30 bits per heavy atom. The van der Waals surface area contributed by atoms with E-state index in [1.807, 2.05) is 64.2 Å². The molecule has 0 aromatic carbocycles. The summed E-state index contributed by atoms with van der Waals surface area (Å²) in [4.78, 5) is 0. The monoisotopic (exact) mass is 300 g/mol. The Morgan fingerprint density at radius 3 is 1.45 bits per heavy atom. The van der Waals surface area contributed by atoms with E-state index in [0.29, 0.717) is 11.3 Å². The molecule has 0 amide bonds. The molecule has 3 unspecified atom stereocenters. The van der Waals surface area contributed by atoms with Crippen LogP contribution in [0.1, 0.15) is 26.2 Å². The fourth-order valence-electron chi connectivity index (χ4n) is 3.13. The van der Waals surface area contributed by atoms with Gasteiger partial charge >= 0.3 is 21.7 Å². The van der Waals surface area contributed by atoms with Crippen molar-refractivity contribution in [3.05, 3.63) is 77.6 Å². The number of hydrogen-bond donors (Lipinski definition) is 0. The van der Waals surface area contributed by atoms with Crippen molar-refractivity contribution in [2.24, 2.45) is 17.3 Å². The van der Waals surface area contributed by atoms with E-state index in [1.54, 1.807) is 0 Å². The Morgan fingerprint density at radius 1 is 0.900 bits per heavy atom. The molecule has 1 heteroatoms. The standard InChI is InChI=1S/C9H14.2C5H5.Ti/c1-7-5-9(2)4-3-8(7)6-9;2*1-2-4-5-3-1;/h5,7-8H,1,3-4,6H2,2H3;2*1-5H;/q-2;;;+2. The minimum Gasteiger partial charge on any atom is -0.369 e. The van der Waals surface area contributed by atoms with Gasteiger partial charge in [-0.05, 0) is 64.2 Å². The molecule has 0 aliphatic heterocycles. The van der Waals surface area contributed by atoms with E-state index in [1.165, 1.54) is 19.3 Å². The molecule has 4 rings (SSSR count). The molecule has 0 nitrogen and oxygen atoms in total. The quantitative estimate of drug-likeness (QED) is 0.456. The van der Waals surface area contributed by atoms with Crippen LogP contribution in [0.3, 0.4) is 0 Å². The zero-order valence-electron chi connectivity index (χ0n) is 12.3. The molecule has 0 N–H and O–H groups in total. The summed E-state index contributed by atoms with van der Waals surface area (Å²) >= 11 is 0. The van der Waals surface area contributed by atoms with Gasteiger partial charge in [-0.25, -0.2) is 0 Å². The van der Waals surface area contributed by atoms with Crippen LogP contribution < -0.4 is 0 Å². The van der Waals surface area contributed by atoms with E-state index in [-0.39, 0.29) is 21.7 Å². The Balaban J connectivity index is 0.000000158. The SMILES string of the molecule is [CH2-]C1[CH-]C2(C)CCC1C2.[CH]1[CH][CH][CH][CH]1.[CH]1[CH][CH][CH][CH]1.[Ti+2]. The van der Waals surface area contributed by atoms with E-state index < -0.39 is 0 Å². The fourth-order valence-corrected chi connectivity index (χ4v) is 3.13. The van der Waals surface area contributed by atoms with E-state index in [4.69, 9.17) is 0 Å². The Labute approximate surface area is 142 Å². The van der Waals surface area contributed by atoms with E-state index in [2.05, 4.69) is 20.3 Å². The number of fused-ring (bicyclic) bond motifs is 2. The van der Waals surface area contributed by atoms with Gasteiger partial charge in [0, 0.05) is 0 Å². The molecule has 4 aliphatic rings. The van der Waals surface area contributed by atoms with Gasteiger partial charge in [0.15, 0.2) is 0 Å². The van der Waals surface area contributed by atoms with Crippen LogP contribution in [0.15, 0.2) is 0 Å². The molecule has 20 heavy (non-hydrogen) atoms. The summed E-state index contributed by atoms with van der Waals surface area (Å²) in [6.07, 6.45) is 26.7. The average molecular weight is 300 g/mol. The van der Waals surface area contributed by atoms with Crippen LogP contribution in [0, 0.1) is 94.8 Å². The summed E-state index contributed by atoms with van der Waals surface area (Å²) in [7, 11) is 0. The first-order chi connectivity index (χ1) is 9.20. The molecule has 0 aromatic rings. The second-order valence-electron chi connectivity index (χ2n) is 5.91. The van der Waals surface area contributed by atoms with Crippen molar-refractivity contribution >= 4 is 0 Å². The minimum atomic E-state index is 0. The first-order valence-electron chi connectivity index (χ1n) is 7.22. The minimum absolute atomic E-state index is 0. The first-order valence-corrected chi connectivity index (χ1v) is 7.22. The molecular weight excluding hydrogens is 276 g/mol. The van der Waals surface area contributed by atoms with E-state index in [0.717, 1.165) is 5.92 Å². The molecule has 104 valence electrons. The Hall–Kier alpha value is 0.714. The van der Waals surface area contributed by atoms with Gasteiger partial charge in [0.2, 0.25) is 0 Å². The third-order valence-electron chi connectivity index (χ3n) is 4.15. The molecule has 4 fully saturated rings. The maximum Gasteiger partial charge on any atom is 2.00 e. The van der Waals surface area contributed by atoms with Crippen molar-refractivity contribution in [3.63, 3.8) is 0 Å². The van der Waals surface area contributed by atoms with E-state index in [9.17, 15) is 0 Å². The molecule has 0 aromatic heterocycles. The van der Waals surface area contributed by atoms with Gasteiger partial charge in [-0.1, -0.05) is 32.1 Å². The molecule has 0 spiro atoms. The average Bonchev–Trinajstić information content (AvgIpc) is 3.17. The summed E-state index contributed by atoms with van der Waals surface area (Å²) in [5.41, 5.74) is 0.594. The summed E-state index contributed by atoms with van der Waals surface area (Å²) in [5, 5.41) is 0. The van der Waals surface area contributed by atoms with Crippen molar-refractivity contribution in [1.29, 1.82) is 0 Å². The van der Waals surface area contributed by atoms with Crippen LogP contribution >= 0.6 is 0 Å². The third kappa shape index (κ3) is 6.23. The predicted molar refractivity (Wildman–Crippen MR) is 81.6 cm³/mol. The Bertz CT molecular complexity index is 213. The fraction of sp³-hybridized carbons (Fsp3) is 0.368. The van der Waals surface area contributed by atoms with Crippen LogP contribution in [0.25, 0.3) is 0 Å². The van der Waals surface area contributed by atoms with Crippen molar-refractivity contribution < 1.29 is 21.7 Å². The van der Waals surface area contributed by atoms with Crippen LogP contribution in [0.4, 0.5) is 0 Å². The topological polar surface area (TPSA) is 0 Å². The Kier molecular flexibility index (Phi) is 9.08. The summed E-state index contributed by atoms with van der Waals surface area (Å²) in [6, 6.07) is 0. The van der Waals surface area contributed by atoms with Gasteiger partial charge in [0.25, 0.3) is 0 Å². The van der Waals surface area contributed by atoms with Crippen molar-refractivity contribution in [1.82, 2.24) is 0 Å². The van der Waals surface area contributed by atoms with Gasteiger partial charge < -0.3 is 13.3 Å². The van der Waals surface area contributed by atoms with Gasteiger partial charge in [-0.2, -0.15) is 5.41 Å². The van der Waals surface area contributed by atoms with Crippen LogP contribution in [-0.2, 0) is 21.7 Å². The molecule has 4 saturated carbocycles. The summed E-state index contributed by atoms with van der Waals surface area (Å²) in [6.45, 7) is 6.48. The van der Waals surface area contributed by atoms with Crippen LogP contribution in [-0.4, -0.2) is 0 Å². The molecule has 3 atom stereocenters. The van der Waals surface area contributed by atoms with Crippen molar-refractivity contribution in [2.75, 3.05) is 0 Å². The van der Waals surface area contributed by atoms with Gasteiger partial charge in [-0.15, -0.1) is 0 Å². The molecular formula is C19H24Ti. The normalized spacial score (nSPS) is 37.5. The van der Waals surface area contributed by atoms with Crippen molar-refractivity contribution in [2.45, 2.75) is 26.2 Å². The zero-order valence-corrected chi connectivity index (χ0v) is 13.9. The van der Waals surface area contributed by atoms with Crippen LogP contribution in [0.2, 0.25) is 0 Å². The molecule has 0 heterocycles. The van der Waals surface area contributed by atoms with Gasteiger partial charge in [0.1, 0.15) is 0 Å². The summed E-state index contributed by atoms with van der Waals surface area (Å²) in [5.74, 6) is 1.61. The maximum atomic E-state index is 4.11. The third-order valence-corrected chi connectivity index (χ3v) is 4.15. The first kappa shape index (κ1) is 18.8. The van der Waals surface area contributed by atoms with E-state index >= 15 is 0 Å². The maximum absolute atomic E-state index is 4.11. The molecule has 4 aliphatic carbocycles. The number of hydrogen-bond acceptors (Lipinski definition) is 0. The molecule has 0 saturated heterocycles.